The van der Waals surface area contributed by atoms with Crippen LogP contribution in [0.15, 0.2) is 6.33 Å². The molecule has 0 aromatic carbocycles. The molecular weight excluding hydrogens is 296 g/mol. The van der Waals surface area contributed by atoms with Gasteiger partial charge in [-0.2, -0.15) is 0 Å². The lowest BCUT2D eigenvalue weighted by Crippen LogP contribution is -2.23. The van der Waals surface area contributed by atoms with Gasteiger partial charge < -0.3 is 20.2 Å². The van der Waals surface area contributed by atoms with Gasteiger partial charge in [0.05, 0.1) is 11.9 Å². The number of ether oxygens (including phenoxy) is 1. The summed E-state index contributed by atoms with van der Waals surface area (Å²) in [7, 11) is 1.60. The summed E-state index contributed by atoms with van der Waals surface area (Å²) in [5, 5.41) is 13.3. The summed E-state index contributed by atoms with van der Waals surface area (Å²) in [6, 6.07) is 0. The lowest BCUT2D eigenvalue weighted by Gasteiger charge is -2.21. The van der Waals surface area contributed by atoms with Gasteiger partial charge in [-0.3, -0.25) is 9.36 Å². The van der Waals surface area contributed by atoms with Gasteiger partial charge in [0.1, 0.15) is 0 Å². The summed E-state index contributed by atoms with van der Waals surface area (Å²) in [6.07, 6.45) is 4.81. The van der Waals surface area contributed by atoms with Gasteiger partial charge in [0.25, 0.3) is 0 Å². The van der Waals surface area contributed by atoms with E-state index in [2.05, 4.69) is 10.3 Å². The molecule has 0 saturated carbocycles. The number of nitrogens with one attached hydrogen (secondary N) is 1. The van der Waals surface area contributed by atoms with Crippen molar-refractivity contribution in [3.8, 4) is 0 Å². The molecule has 0 aliphatic carbocycles. The molecule has 2 heterocycles. The summed E-state index contributed by atoms with van der Waals surface area (Å²) in [6.45, 7) is 0.790. The number of carbonyl (C=O) groups is 1. The van der Waals surface area contributed by atoms with E-state index in [-0.39, 0.29) is 29.4 Å². The molecule has 1 N–H and O–H groups in total. The fourth-order valence-electron chi connectivity index (χ4n) is 2.09. The first-order valence-electron chi connectivity index (χ1n) is 6.73. The van der Waals surface area contributed by atoms with Crippen LogP contribution in [-0.4, -0.2) is 44.6 Å². The predicted octanol–water partition coefficient (Wildman–Crippen LogP) is 1.57. The Kier molecular flexibility index (Phi) is 5.57. The highest BCUT2D eigenvalue weighted by atomic mass is 32.2. The molecule has 1 aliphatic rings. The molecule has 1 aromatic rings. The number of amides is 1. The van der Waals surface area contributed by atoms with Crippen LogP contribution < -0.4 is 5.32 Å². The third-order valence-electron chi connectivity index (χ3n) is 3.16. The molecule has 2 rings (SSSR count). The zero-order chi connectivity index (χ0) is 15.2. The van der Waals surface area contributed by atoms with Crippen LogP contribution in [0.2, 0.25) is 0 Å². The van der Waals surface area contributed by atoms with Gasteiger partial charge in [-0.25, -0.2) is 0 Å². The Morgan fingerprint density at radius 1 is 1.67 bits per heavy atom. The highest BCUT2D eigenvalue weighted by Crippen LogP contribution is 2.22. The number of nitrogens with zero attached hydrogens (tertiary/aromatic N) is 3. The van der Waals surface area contributed by atoms with Gasteiger partial charge in [0.15, 0.2) is 0 Å². The number of rotatable bonds is 6. The number of hydrogen-bond acceptors (Lipinski definition) is 6. The van der Waals surface area contributed by atoms with E-state index < -0.39 is 4.92 Å². The van der Waals surface area contributed by atoms with Crippen LogP contribution in [0.25, 0.3) is 0 Å². The molecule has 1 unspecified atom stereocenters. The minimum absolute atomic E-state index is 0.111. The molecule has 8 nitrogen and oxygen atoms in total. The monoisotopic (exact) mass is 314 g/mol. The molecule has 9 heteroatoms. The number of hydrogen-bond donors (Lipinski definition) is 1. The number of carbonyl (C=O) groups excluding carboxylic acids is 1. The molecule has 1 aliphatic heterocycles. The molecule has 21 heavy (non-hydrogen) atoms. The molecule has 116 valence electrons. The van der Waals surface area contributed by atoms with Crippen molar-refractivity contribution in [2.24, 2.45) is 7.05 Å². The van der Waals surface area contributed by atoms with E-state index >= 15 is 0 Å². The Morgan fingerprint density at radius 2 is 2.48 bits per heavy atom. The summed E-state index contributed by atoms with van der Waals surface area (Å²) < 4.78 is 7.00. The van der Waals surface area contributed by atoms with Crippen molar-refractivity contribution in [3.63, 3.8) is 0 Å². The smallest absolute Gasteiger partial charge is 0.377 e. The van der Waals surface area contributed by atoms with E-state index in [1.807, 2.05) is 0 Å². The third-order valence-corrected chi connectivity index (χ3v) is 4.23. The minimum Gasteiger partial charge on any atom is -0.377 e. The first-order valence-corrected chi connectivity index (χ1v) is 7.88. The zero-order valence-electron chi connectivity index (χ0n) is 11.8. The van der Waals surface area contributed by atoms with Crippen LogP contribution in [0.1, 0.15) is 19.3 Å². The lowest BCUT2D eigenvalue weighted by atomic mass is 10.1. The normalized spacial score (nSPS) is 18.4. The zero-order valence-corrected chi connectivity index (χ0v) is 12.6. The van der Waals surface area contributed by atoms with E-state index in [4.69, 9.17) is 4.74 Å². The van der Waals surface area contributed by atoms with Crippen LogP contribution in [0.5, 0.6) is 0 Å². The number of anilines is 1. The second-order valence-corrected chi connectivity index (χ2v) is 5.87. The van der Waals surface area contributed by atoms with Crippen molar-refractivity contribution >= 4 is 29.3 Å². The number of aromatic nitrogens is 2. The van der Waals surface area contributed by atoms with Crippen LogP contribution in [0, 0.1) is 10.1 Å². The van der Waals surface area contributed by atoms with Crippen LogP contribution >= 0.6 is 11.8 Å². The molecule has 1 saturated heterocycles. The molecule has 1 amide bonds. The second kappa shape index (κ2) is 7.41. The van der Waals surface area contributed by atoms with E-state index in [1.54, 1.807) is 7.05 Å². The summed E-state index contributed by atoms with van der Waals surface area (Å²) in [5.74, 6) is 0.497. The topological polar surface area (TPSA) is 99.3 Å². The highest BCUT2D eigenvalue weighted by Gasteiger charge is 2.22. The average molecular weight is 314 g/mol. The van der Waals surface area contributed by atoms with Gasteiger partial charge in [-0.05, 0) is 29.2 Å². The van der Waals surface area contributed by atoms with E-state index in [0.29, 0.717) is 0 Å². The maximum Gasteiger partial charge on any atom is 0.406 e. The van der Waals surface area contributed by atoms with Crippen molar-refractivity contribution in [1.82, 2.24) is 9.55 Å². The van der Waals surface area contributed by atoms with Crippen molar-refractivity contribution < 1.29 is 14.5 Å². The molecule has 0 bridgehead atoms. The molecular formula is C12H18N4O4S. The number of imidazole rings is 1. The van der Waals surface area contributed by atoms with E-state index in [0.717, 1.165) is 25.2 Å². The maximum absolute atomic E-state index is 11.8. The van der Waals surface area contributed by atoms with Crippen LogP contribution in [0.3, 0.4) is 0 Å². The van der Waals surface area contributed by atoms with Gasteiger partial charge in [-0.1, -0.05) is 0 Å². The fraction of sp³-hybridized carbons (Fsp3) is 0.667. The van der Waals surface area contributed by atoms with Crippen LogP contribution in [0.4, 0.5) is 11.6 Å². The number of aryl methyl sites for hydroxylation is 1. The molecule has 1 aromatic heterocycles. The van der Waals surface area contributed by atoms with Gasteiger partial charge in [-0.15, -0.1) is 11.8 Å². The van der Waals surface area contributed by atoms with Gasteiger partial charge >= 0.3 is 5.82 Å². The van der Waals surface area contributed by atoms with Gasteiger partial charge in [0, 0.05) is 19.4 Å². The van der Waals surface area contributed by atoms with Gasteiger partial charge in [0.2, 0.25) is 18.1 Å². The van der Waals surface area contributed by atoms with Crippen molar-refractivity contribution in [1.29, 1.82) is 0 Å². The average Bonchev–Trinajstić information content (AvgIpc) is 2.81. The van der Waals surface area contributed by atoms with E-state index in [9.17, 15) is 14.9 Å². The number of thioether (sulfide) groups is 1. The standard InChI is InChI=1S/C12H18N4O4S/c1-15-8-13-11(16(18)19)12(15)14-10(17)7-21-6-9-4-2-3-5-20-9/h8-9H,2-7H2,1H3,(H,14,17). The maximum atomic E-state index is 11.8. The fourth-order valence-corrected chi connectivity index (χ4v) is 2.99. The Hall–Kier alpha value is -1.61. The third kappa shape index (κ3) is 4.43. The highest BCUT2D eigenvalue weighted by molar-refractivity contribution is 8.00. The van der Waals surface area contributed by atoms with Crippen molar-refractivity contribution in [2.45, 2.75) is 25.4 Å². The summed E-state index contributed by atoms with van der Waals surface area (Å²) >= 11 is 1.47. The lowest BCUT2D eigenvalue weighted by molar-refractivity contribution is -0.388. The van der Waals surface area contributed by atoms with E-state index in [1.165, 1.54) is 29.1 Å². The van der Waals surface area contributed by atoms with Crippen molar-refractivity contribution in [2.75, 3.05) is 23.4 Å². The summed E-state index contributed by atoms with van der Waals surface area (Å²) in [4.78, 5) is 25.7. The Labute approximate surface area is 126 Å². The minimum atomic E-state index is -0.612. The molecule has 0 spiro atoms. The van der Waals surface area contributed by atoms with Crippen molar-refractivity contribution in [3.05, 3.63) is 16.4 Å². The first-order chi connectivity index (χ1) is 10.1. The molecule has 1 atom stereocenters. The largest absolute Gasteiger partial charge is 0.406 e. The Morgan fingerprint density at radius 3 is 3.14 bits per heavy atom. The molecule has 1 fully saturated rings. The Bertz CT molecular complexity index is 513. The SMILES string of the molecule is Cn1cnc([N+](=O)[O-])c1NC(=O)CSCC1CCCCO1. The first kappa shape index (κ1) is 15.8. The number of nitro groups is 1. The quantitative estimate of drug-likeness (QED) is 0.632. The van der Waals surface area contributed by atoms with Crippen LogP contribution in [-0.2, 0) is 16.6 Å². The predicted molar refractivity (Wildman–Crippen MR) is 79.4 cm³/mol. The molecule has 0 radical (unpaired) electrons. The second-order valence-electron chi connectivity index (χ2n) is 4.84. The summed E-state index contributed by atoms with van der Waals surface area (Å²) in [5.41, 5.74) is 0. The Balaban J connectivity index is 1.79.